The fourth-order valence-corrected chi connectivity index (χ4v) is 4.59. The first-order valence-corrected chi connectivity index (χ1v) is 11.7. The van der Waals surface area contributed by atoms with Crippen LogP contribution in [-0.4, -0.2) is 54.2 Å². The van der Waals surface area contributed by atoms with E-state index in [0.717, 1.165) is 16.7 Å². The lowest BCUT2D eigenvalue weighted by molar-refractivity contribution is 0.356. The smallest absolute Gasteiger partial charge is 0.265 e. The molecule has 178 valence electrons. The Labute approximate surface area is 197 Å². The van der Waals surface area contributed by atoms with Crippen molar-refractivity contribution in [1.82, 2.24) is 24.5 Å². The van der Waals surface area contributed by atoms with Crippen molar-refractivity contribution in [1.29, 1.82) is 0 Å². The first-order valence-electron chi connectivity index (χ1n) is 10.2. The Morgan fingerprint density at radius 1 is 0.882 bits per heavy atom. The van der Waals surface area contributed by atoms with Crippen LogP contribution in [0.5, 0.6) is 11.5 Å². The molecule has 0 spiro atoms. The van der Waals surface area contributed by atoms with Gasteiger partial charge in [0.05, 0.1) is 32.3 Å². The number of ether oxygens (including phenoxy) is 2. The summed E-state index contributed by atoms with van der Waals surface area (Å²) >= 11 is 0. The summed E-state index contributed by atoms with van der Waals surface area (Å²) in [7, 11) is 4.27. The molecule has 4 rings (SSSR count). The third-order valence-electron chi connectivity index (χ3n) is 5.19. The monoisotopic (exact) mass is 483 g/mol. The number of pyridine rings is 1. The Kier molecular flexibility index (Phi) is 6.16. The molecular weight excluding hydrogens is 458 g/mol. The van der Waals surface area contributed by atoms with Gasteiger partial charge in [-0.3, -0.25) is 14.1 Å². The van der Waals surface area contributed by atoms with Gasteiger partial charge in [-0.1, -0.05) is 0 Å². The van der Waals surface area contributed by atoms with Gasteiger partial charge in [-0.05, 0) is 23.8 Å². The van der Waals surface area contributed by atoms with E-state index in [-0.39, 0.29) is 16.3 Å². The largest absolute Gasteiger partial charge is 0.493 e. The van der Waals surface area contributed by atoms with Gasteiger partial charge in [0.15, 0.2) is 11.5 Å². The van der Waals surface area contributed by atoms with E-state index < -0.39 is 10.0 Å². The molecule has 1 aromatic carbocycles. The van der Waals surface area contributed by atoms with Gasteiger partial charge in [-0.25, -0.2) is 13.4 Å². The maximum atomic E-state index is 13.0. The van der Waals surface area contributed by atoms with Crippen LogP contribution < -0.4 is 19.5 Å². The number of methoxy groups -OCH3 is 2. The van der Waals surface area contributed by atoms with Crippen LogP contribution in [0.15, 0.2) is 54.1 Å². The van der Waals surface area contributed by atoms with Crippen molar-refractivity contribution >= 4 is 21.5 Å². The maximum Gasteiger partial charge on any atom is 0.265 e. The van der Waals surface area contributed by atoms with Crippen LogP contribution in [0.3, 0.4) is 0 Å². The van der Waals surface area contributed by atoms with Gasteiger partial charge in [0.2, 0.25) is 0 Å². The van der Waals surface area contributed by atoms with Crippen LogP contribution in [0.1, 0.15) is 0 Å². The van der Waals surface area contributed by atoms with E-state index in [2.05, 4.69) is 25.2 Å². The minimum absolute atomic E-state index is 0.0255. The Bertz CT molecular complexity index is 1440. The summed E-state index contributed by atoms with van der Waals surface area (Å²) in [5.41, 5.74) is 3.39. The SMILES string of the molecule is CNc1ncc(-c2cnn(C)c2)cc1-c1cc(NS(=O)(=O)c2cnn(C)c2)c(OC)c(OC)c1. The van der Waals surface area contributed by atoms with Crippen molar-refractivity contribution in [2.45, 2.75) is 4.90 Å². The van der Waals surface area contributed by atoms with E-state index in [0.29, 0.717) is 17.1 Å². The molecule has 0 aliphatic carbocycles. The van der Waals surface area contributed by atoms with E-state index in [9.17, 15) is 8.42 Å². The summed E-state index contributed by atoms with van der Waals surface area (Å²) in [6.45, 7) is 0. The van der Waals surface area contributed by atoms with Gasteiger partial charge in [0.25, 0.3) is 10.0 Å². The van der Waals surface area contributed by atoms with Crippen LogP contribution in [0, 0.1) is 0 Å². The summed E-state index contributed by atoms with van der Waals surface area (Å²) in [4.78, 5) is 4.57. The number of benzene rings is 1. The minimum atomic E-state index is -3.92. The number of aryl methyl sites for hydroxylation is 2. The molecule has 0 aliphatic rings. The van der Waals surface area contributed by atoms with Gasteiger partial charge in [-0.15, -0.1) is 0 Å². The molecular formula is C22H25N7O4S. The fraction of sp³-hybridized carbons (Fsp3) is 0.227. The molecule has 0 saturated heterocycles. The number of hydrogen-bond donors (Lipinski definition) is 2. The highest BCUT2D eigenvalue weighted by Gasteiger charge is 2.22. The molecule has 12 heteroatoms. The van der Waals surface area contributed by atoms with E-state index in [4.69, 9.17) is 9.47 Å². The lowest BCUT2D eigenvalue weighted by Crippen LogP contribution is -2.13. The average Bonchev–Trinajstić information content (AvgIpc) is 3.46. The van der Waals surface area contributed by atoms with Crippen molar-refractivity contribution in [3.63, 3.8) is 0 Å². The van der Waals surface area contributed by atoms with E-state index >= 15 is 0 Å². The lowest BCUT2D eigenvalue weighted by Gasteiger charge is -2.18. The van der Waals surface area contributed by atoms with Crippen LogP contribution in [0.2, 0.25) is 0 Å². The highest BCUT2D eigenvalue weighted by Crippen LogP contribution is 2.42. The number of hydrogen-bond acceptors (Lipinski definition) is 8. The molecule has 0 amide bonds. The summed E-state index contributed by atoms with van der Waals surface area (Å²) in [6.07, 6.45) is 8.08. The molecule has 11 nitrogen and oxygen atoms in total. The summed E-state index contributed by atoms with van der Waals surface area (Å²) < 4.78 is 42.7. The predicted octanol–water partition coefficient (Wildman–Crippen LogP) is 2.74. The molecule has 0 saturated carbocycles. The van der Waals surface area contributed by atoms with Crippen molar-refractivity contribution < 1.29 is 17.9 Å². The highest BCUT2D eigenvalue weighted by atomic mass is 32.2. The third-order valence-corrected chi connectivity index (χ3v) is 6.51. The van der Waals surface area contributed by atoms with Gasteiger partial charge >= 0.3 is 0 Å². The second-order valence-corrected chi connectivity index (χ2v) is 9.17. The summed E-state index contributed by atoms with van der Waals surface area (Å²) in [5, 5.41) is 11.3. The third kappa shape index (κ3) is 4.39. The van der Waals surface area contributed by atoms with Crippen LogP contribution in [0.25, 0.3) is 22.3 Å². The van der Waals surface area contributed by atoms with Gasteiger partial charge in [-0.2, -0.15) is 10.2 Å². The van der Waals surface area contributed by atoms with Crippen molar-refractivity contribution in [2.75, 3.05) is 31.3 Å². The normalized spacial score (nSPS) is 11.3. The molecule has 0 bridgehead atoms. The van der Waals surface area contributed by atoms with E-state index in [1.807, 2.05) is 19.3 Å². The van der Waals surface area contributed by atoms with Crippen LogP contribution in [0.4, 0.5) is 11.5 Å². The van der Waals surface area contributed by atoms with Gasteiger partial charge in [0, 0.05) is 56.4 Å². The Morgan fingerprint density at radius 3 is 2.21 bits per heavy atom. The second-order valence-electron chi connectivity index (χ2n) is 7.49. The average molecular weight is 484 g/mol. The van der Waals surface area contributed by atoms with Crippen LogP contribution >= 0.6 is 0 Å². The minimum Gasteiger partial charge on any atom is -0.493 e. The molecule has 34 heavy (non-hydrogen) atoms. The molecule has 2 N–H and O–H groups in total. The molecule has 0 aliphatic heterocycles. The summed E-state index contributed by atoms with van der Waals surface area (Å²) in [5.74, 6) is 1.22. The molecule has 3 aromatic heterocycles. The number of nitrogens with zero attached hydrogens (tertiary/aromatic N) is 5. The first-order chi connectivity index (χ1) is 16.2. The molecule has 3 heterocycles. The van der Waals surface area contributed by atoms with Gasteiger partial charge < -0.3 is 14.8 Å². The zero-order chi connectivity index (χ0) is 24.5. The predicted molar refractivity (Wildman–Crippen MR) is 129 cm³/mol. The van der Waals surface area contributed by atoms with E-state index in [1.165, 1.54) is 31.3 Å². The highest BCUT2D eigenvalue weighted by molar-refractivity contribution is 7.92. The van der Waals surface area contributed by atoms with Gasteiger partial charge in [0.1, 0.15) is 10.7 Å². The van der Waals surface area contributed by atoms with Crippen LogP contribution in [-0.2, 0) is 24.1 Å². The number of nitrogens with one attached hydrogen (secondary N) is 2. The molecule has 0 radical (unpaired) electrons. The second kappa shape index (κ2) is 9.06. The number of rotatable bonds is 8. The van der Waals surface area contributed by atoms with E-state index in [1.54, 1.807) is 43.3 Å². The first kappa shape index (κ1) is 23.1. The Morgan fingerprint density at radius 2 is 1.62 bits per heavy atom. The standard InChI is InChI=1S/C22H25N7O4S/c1-23-22-18(6-15(9-24-22)16-10-25-28(2)12-16)14-7-19(21(33-5)20(8-14)32-4)27-34(30,31)17-11-26-29(3)13-17/h6-13,27H,1-5H3,(H,23,24). The Balaban J connectivity index is 1.86. The quantitative estimate of drug-likeness (QED) is 0.392. The lowest BCUT2D eigenvalue weighted by atomic mass is 10.0. The molecule has 4 aromatic rings. The molecule has 0 fully saturated rings. The number of aromatic nitrogens is 5. The zero-order valence-electron chi connectivity index (χ0n) is 19.4. The van der Waals surface area contributed by atoms with Crippen molar-refractivity contribution in [2.24, 2.45) is 14.1 Å². The number of sulfonamides is 1. The van der Waals surface area contributed by atoms with Crippen molar-refractivity contribution in [3.05, 3.63) is 49.2 Å². The number of anilines is 2. The maximum absolute atomic E-state index is 13.0. The fourth-order valence-electron chi connectivity index (χ4n) is 3.55. The molecule has 0 unspecified atom stereocenters. The topological polar surface area (TPSA) is 125 Å². The summed E-state index contributed by atoms with van der Waals surface area (Å²) in [6, 6.07) is 5.40. The zero-order valence-corrected chi connectivity index (χ0v) is 20.2. The molecule has 0 atom stereocenters. The Hall–Kier alpha value is -4.06. The van der Waals surface area contributed by atoms with Crippen molar-refractivity contribution in [3.8, 4) is 33.8 Å².